The molecule has 1 aromatic heterocycles. The van der Waals surface area contributed by atoms with Gasteiger partial charge in [0.25, 0.3) is 0 Å². The van der Waals surface area contributed by atoms with Crippen LogP contribution in [-0.4, -0.2) is 52.6 Å². The second-order valence-corrected chi connectivity index (χ2v) is 7.24. The molecule has 10 heteroatoms. The number of hydrogen-bond donors (Lipinski definition) is 1. The number of methoxy groups -OCH3 is 2. The molecule has 1 N–H and O–H groups in total. The number of nitrogens with one attached hydrogen (secondary N) is 1. The number of carbonyl (C=O) groups is 3. The van der Waals surface area contributed by atoms with Crippen molar-refractivity contribution in [3.8, 4) is 0 Å². The van der Waals surface area contributed by atoms with E-state index in [0.717, 1.165) is 12.2 Å². The van der Waals surface area contributed by atoms with Gasteiger partial charge in [0.15, 0.2) is 5.16 Å². The lowest BCUT2D eigenvalue weighted by atomic mass is 10.1. The minimum absolute atomic E-state index is 0.0532. The Kier molecular flexibility index (Phi) is 7.77. The fourth-order valence-corrected chi connectivity index (χ4v) is 3.55. The van der Waals surface area contributed by atoms with Crippen molar-refractivity contribution in [2.75, 3.05) is 25.3 Å². The van der Waals surface area contributed by atoms with Gasteiger partial charge in [0.1, 0.15) is 5.82 Å². The average molecular weight is 420 g/mol. The van der Waals surface area contributed by atoms with Gasteiger partial charge in [-0.15, -0.1) is 10.2 Å². The lowest BCUT2D eigenvalue weighted by Crippen LogP contribution is -2.18. The quantitative estimate of drug-likeness (QED) is 0.512. The van der Waals surface area contributed by atoms with Crippen molar-refractivity contribution in [1.29, 1.82) is 0 Å². The van der Waals surface area contributed by atoms with Crippen LogP contribution in [0.1, 0.15) is 53.4 Å². The zero-order valence-electron chi connectivity index (χ0n) is 17.0. The van der Waals surface area contributed by atoms with E-state index in [1.807, 2.05) is 25.3 Å². The van der Waals surface area contributed by atoms with Crippen molar-refractivity contribution in [1.82, 2.24) is 14.8 Å². The monoisotopic (exact) mass is 420 g/mol. The largest absolute Gasteiger partial charge is 0.465 e. The molecule has 2 aromatic rings. The number of ether oxygens (including phenoxy) is 2. The van der Waals surface area contributed by atoms with Crippen LogP contribution in [0.15, 0.2) is 23.4 Å². The standard InChI is InChI=1S/C19H24N4O5S/c1-6-15-21-22-19(23(15)11(2)3)29-10-16(24)20-14-9-12(17(25)27-4)7-8-13(14)18(26)28-5/h7-9,11H,6,10H2,1-5H3,(H,20,24). The first-order valence-corrected chi connectivity index (χ1v) is 9.98. The Morgan fingerprint density at radius 2 is 1.83 bits per heavy atom. The van der Waals surface area contributed by atoms with Crippen molar-refractivity contribution in [2.24, 2.45) is 0 Å². The van der Waals surface area contributed by atoms with Gasteiger partial charge < -0.3 is 19.4 Å². The topological polar surface area (TPSA) is 112 Å². The third kappa shape index (κ3) is 5.35. The van der Waals surface area contributed by atoms with Crippen LogP contribution in [-0.2, 0) is 20.7 Å². The molecule has 1 heterocycles. The summed E-state index contributed by atoms with van der Waals surface area (Å²) >= 11 is 1.24. The molecule has 156 valence electrons. The molecule has 2 rings (SSSR count). The number of thioether (sulfide) groups is 1. The predicted molar refractivity (Wildman–Crippen MR) is 108 cm³/mol. The summed E-state index contributed by atoms with van der Waals surface area (Å²) in [6, 6.07) is 4.38. The second-order valence-electron chi connectivity index (χ2n) is 6.30. The summed E-state index contributed by atoms with van der Waals surface area (Å²) in [5.41, 5.74) is 0.511. The Morgan fingerprint density at radius 3 is 2.41 bits per heavy atom. The highest BCUT2D eigenvalue weighted by molar-refractivity contribution is 7.99. The third-order valence-corrected chi connectivity index (χ3v) is 4.96. The Hall–Kier alpha value is -2.88. The maximum absolute atomic E-state index is 12.5. The third-order valence-electron chi connectivity index (χ3n) is 4.02. The molecular formula is C19H24N4O5S. The first-order chi connectivity index (χ1) is 13.8. The predicted octanol–water partition coefficient (Wildman–Crippen LogP) is 2.73. The molecule has 0 unspecified atom stereocenters. The van der Waals surface area contributed by atoms with Gasteiger partial charge in [-0.2, -0.15) is 0 Å². The molecule has 0 fully saturated rings. The zero-order chi connectivity index (χ0) is 21.6. The number of benzene rings is 1. The Labute approximate surface area is 173 Å². The number of hydrogen-bond acceptors (Lipinski definition) is 8. The molecule has 9 nitrogen and oxygen atoms in total. The molecule has 0 aliphatic heterocycles. The highest BCUT2D eigenvalue weighted by atomic mass is 32.2. The summed E-state index contributed by atoms with van der Waals surface area (Å²) < 4.78 is 11.4. The van der Waals surface area contributed by atoms with Gasteiger partial charge in [0.05, 0.1) is 36.8 Å². The second kappa shape index (κ2) is 10.1. The highest BCUT2D eigenvalue weighted by Crippen LogP contribution is 2.23. The Morgan fingerprint density at radius 1 is 1.14 bits per heavy atom. The van der Waals surface area contributed by atoms with Gasteiger partial charge in [-0.3, -0.25) is 4.79 Å². The fraction of sp³-hybridized carbons (Fsp3) is 0.421. The van der Waals surface area contributed by atoms with Crippen molar-refractivity contribution in [3.05, 3.63) is 35.2 Å². The van der Waals surface area contributed by atoms with Crippen LogP contribution in [0, 0.1) is 0 Å². The van der Waals surface area contributed by atoms with Crippen LogP contribution in [0.3, 0.4) is 0 Å². The molecular weight excluding hydrogens is 396 g/mol. The van der Waals surface area contributed by atoms with Gasteiger partial charge in [-0.1, -0.05) is 18.7 Å². The molecule has 0 atom stereocenters. The van der Waals surface area contributed by atoms with E-state index in [2.05, 4.69) is 20.3 Å². The van der Waals surface area contributed by atoms with E-state index in [-0.39, 0.29) is 34.5 Å². The van der Waals surface area contributed by atoms with E-state index >= 15 is 0 Å². The molecule has 0 saturated carbocycles. The smallest absolute Gasteiger partial charge is 0.339 e. The molecule has 0 aliphatic rings. The van der Waals surface area contributed by atoms with Gasteiger partial charge in [-0.25, -0.2) is 9.59 Å². The van der Waals surface area contributed by atoms with Gasteiger partial charge in [-0.05, 0) is 32.0 Å². The van der Waals surface area contributed by atoms with E-state index in [0.29, 0.717) is 5.16 Å². The van der Waals surface area contributed by atoms with Gasteiger partial charge in [0.2, 0.25) is 5.91 Å². The van der Waals surface area contributed by atoms with Crippen LogP contribution in [0.4, 0.5) is 5.69 Å². The minimum atomic E-state index is -0.628. The first-order valence-electron chi connectivity index (χ1n) is 8.99. The molecule has 29 heavy (non-hydrogen) atoms. The van der Waals surface area contributed by atoms with Crippen molar-refractivity contribution in [2.45, 2.75) is 38.4 Å². The van der Waals surface area contributed by atoms with Crippen LogP contribution < -0.4 is 5.32 Å². The number of aryl methyl sites for hydroxylation is 1. The summed E-state index contributed by atoms with van der Waals surface area (Å²) in [5.74, 6) is -0.669. The molecule has 0 spiro atoms. The Bertz CT molecular complexity index is 910. The molecule has 0 bridgehead atoms. The van der Waals surface area contributed by atoms with Crippen LogP contribution in [0.25, 0.3) is 0 Å². The SMILES string of the molecule is CCc1nnc(SCC(=O)Nc2cc(C(=O)OC)ccc2C(=O)OC)n1C(C)C. The number of anilines is 1. The lowest BCUT2D eigenvalue weighted by Gasteiger charge is -2.13. The first kappa shape index (κ1) is 22.4. The molecule has 0 saturated heterocycles. The lowest BCUT2D eigenvalue weighted by molar-refractivity contribution is -0.113. The van der Waals surface area contributed by atoms with Crippen LogP contribution >= 0.6 is 11.8 Å². The van der Waals surface area contributed by atoms with Crippen molar-refractivity contribution in [3.63, 3.8) is 0 Å². The summed E-state index contributed by atoms with van der Waals surface area (Å²) in [7, 11) is 2.49. The highest BCUT2D eigenvalue weighted by Gasteiger charge is 2.19. The summed E-state index contributed by atoms with van der Waals surface area (Å²) in [6.45, 7) is 6.04. The van der Waals surface area contributed by atoms with E-state index in [9.17, 15) is 14.4 Å². The number of rotatable bonds is 8. The maximum atomic E-state index is 12.5. The average Bonchev–Trinajstić information content (AvgIpc) is 3.14. The number of esters is 2. The van der Waals surface area contributed by atoms with Crippen molar-refractivity contribution < 1.29 is 23.9 Å². The number of aromatic nitrogens is 3. The van der Waals surface area contributed by atoms with Gasteiger partial charge >= 0.3 is 11.9 Å². The Balaban J connectivity index is 2.18. The van der Waals surface area contributed by atoms with Crippen LogP contribution in [0.5, 0.6) is 0 Å². The van der Waals surface area contributed by atoms with E-state index in [4.69, 9.17) is 4.74 Å². The maximum Gasteiger partial charge on any atom is 0.339 e. The number of amides is 1. The summed E-state index contributed by atoms with van der Waals surface area (Å²) in [4.78, 5) is 36.3. The van der Waals surface area contributed by atoms with E-state index in [1.54, 1.807) is 0 Å². The molecule has 0 aliphatic carbocycles. The molecule has 0 radical (unpaired) electrons. The molecule has 1 amide bonds. The van der Waals surface area contributed by atoms with Crippen LogP contribution in [0.2, 0.25) is 0 Å². The van der Waals surface area contributed by atoms with Crippen molar-refractivity contribution >= 4 is 35.3 Å². The minimum Gasteiger partial charge on any atom is -0.465 e. The zero-order valence-corrected chi connectivity index (χ0v) is 17.8. The summed E-state index contributed by atoms with van der Waals surface area (Å²) in [5, 5.41) is 11.6. The summed E-state index contributed by atoms with van der Waals surface area (Å²) in [6.07, 6.45) is 0.737. The number of carbonyl (C=O) groups excluding carboxylic acids is 3. The fourth-order valence-electron chi connectivity index (χ4n) is 2.66. The number of nitrogens with zero attached hydrogens (tertiary/aromatic N) is 3. The van der Waals surface area contributed by atoms with Gasteiger partial charge in [0, 0.05) is 12.5 Å². The van der Waals surface area contributed by atoms with E-state index < -0.39 is 11.9 Å². The van der Waals surface area contributed by atoms with E-state index in [1.165, 1.54) is 44.2 Å². The molecule has 1 aromatic carbocycles. The normalized spacial score (nSPS) is 10.7.